The van der Waals surface area contributed by atoms with Crippen molar-refractivity contribution in [2.75, 3.05) is 46.4 Å². The molecule has 2 aromatic carbocycles. The number of methoxy groups -OCH3 is 1. The molecule has 0 saturated carbocycles. The molecule has 1 fully saturated rings. The summed E-state index contributed by atoms with van der Waals surface area (Å²) in [5.41, 5.74) is 1.11. The molecule has 1 atom stereocenters. The third-order valence-corrected chi connectivity index (χ3v) is 5.12. The zero-order valence-corrected chi connectivity index (χ0v) is 15.9. The Bertz CT molecular complexity index is 758. The molecule has 1 heterocycles. The molecule has 1 aliphatic heterocycles. The van der Waals surface area contributed by atoms with Crippen LogP contribution in [0.5, 0.6) is 5.75 Å². The summed E-state index contributed by atoms with van der Waals surface area (Å²) in [6.45, 7) is 8.30. The fourth-order valence-corrected chi connectivity index (χ4v) is 3.39. The predicted octanol–water partition coefficient (Wildman–Crippen LogP) is 3.09. The normalized spacial score (nSPS) is 17.7. The Morgan fingerprint density at radius 1 is 1.19 bits per heavy atom. The summed E-state index contributed by atoms with van der Waals surface area (Å²) in [5.74, 6) is 1.04. The molecule has 0 bridgehead atoms. The number of likely N-dealkylation sites (N-methyl/N-ethyl adjacent to an activating group) is 1. The number of rotatable bonds is 6. The molecule has 1 saturated heterocycles. The maximum Gasteiger partial charge on any atom is 0.236 e. The molecular weight excluding hydrogens is 328 g/mol. The van der Waals surface area contributed by atoms with Gasteiger partial charge in [0.25, 0.3) is 0 Å². The largest absolute Gasteiger partial charge is 0.497 e. The van der Waals surface area contributed by atoms with Crippen molar-refractivity contribution in [3.63, 3.8) is 0 Å². The van der Waals surface area contributed by atoms with Crippen molar-refractivity contribution in [2.45, 2.75) is 20.0 Å². The van der Waals surface area contributed by atoms with Gasteiger partial charge in [-0.05, 0) is 47.6 Å². The Balaban J connectivity index is 1.72. The SMILES string of the molecule is CCN(CC)CC(=O)N1CCO[C@H](c2ccc3cc(OC)ccc3c2)C1. The number of benzene rings is 2. The molecule has 2 aromatic rings. The maximum absolute atomic E-state index is 12.6. The molecule has 1 amide bonds. The van der Waals surface area contributed by atoms with Crippen molar-refractivity contribution >= 4 is 16.7 Å². The van der Waals surface area contributed by atoms with Gasteiger partial charge in [0, 0.05) is 6.54 Å². The van der Waals surface area contributed by atoms with E-state index in [-0.39, 0.29) is 12.0 Å². The number of hydrogen-bond acceptors (Lipinski definition) is 4. The number of ether oxygens (including phenoxy) is 2. The number of carbonyl (C=O) groups is 1. The van der Waals surface area contributed by atoms with E-state index in [2.05, 4.69) is 43.0 Å². The van der Waals surface area contributed by atoms with Crippen LogP contribution in [0.25, 0.3) is 10.8 Å². The Hall–Kier alpha value is -2.11. The second kappa shape index (κ2) is 8.52. The lowest BCUT2D eigenvalue weighted by atomic mass is 10.0. The fourth-order valence-electron chi connectivity index (χ4n) is 3.39. The molecule has 0 aromatic heterocycles. The number of amides is 1. The quantitative estimate of drug-likeness (QED) is 0.798. The van der Waals surface area contributed by atoms with E-state index in [1.165, 1.54) is 0 Å². The Labute approximate surface area is 155 Å². The lowest BCUT2D eigenvalue weighted by Gasteiger charge is -2.34. The Morgan fingerprint density at radius 3 is 2.65 bits per heavy atom. The molecule has 0 N–H and O–H groups in total. The van der Waals surface area contributed by atoms with Gasteiger partial charge in [-0.2, -0.15) is 0 Å². The molecule has 0 radical (unpaired) electrons. The van der Waals surface area contributed by atoms with Crippen LogP contribution in [0.15, 0.2) is 36.4 Å². The third kappa shape index (κ3) is 4.17. The van der Waals surface area contributed by atoms with Gasteiger partial charge < -0.3 is 14.4 Å². The van der Waals surface area contributed by atoms with Crippen molar-refractivity contribution in [3.8, 4) is 5.75 Å². The van der Waals surface area contributed by atoms with E-state index < -0.39 is 0 Å². The van der Waals surface area contributed by atoms with Crippen LogP contribution in [0, 0.1) is 0 Å². The molecule has 140 valence electrons. The summed E-state index contributed by atoms with van der Waals surface area (Å²) in [5, 5.41) is 2.29. The highest BCUT2D eigenvalue weighted by Gasteiger charge is 2.26. The number of fused-ring (bicyclic) bond motifs is 1. The minimum Gasteiger partial charge on any atom is -0.497 e. The number of nitrogens with zero attached hydrogens (tertiary/aromatic N) is 2. The second-order valence-corrected chi connectivity index (χ2v) is 6.63. The first kappa shape index (κ1) is 18.7. The molecule has 26 heavy (non-hydrogen) atoms. The second-order valence-electron chi connectivity index (χ2n) is 6.63. The average Bonchev–Trinajstić information content (AvgIpc) is 2.71. The van der Waals surface area contributed by atoms with Crippen LogP contribution in [0.2, 0.25) is 0 Å². The minimum atomic E-state index is -0.0732. The summed E-state index contributed by atoms with van der Waals surface area (Å²) in [7, 11) is 1.68. The molecule has 0 aliphatic carbocycles. The van der Waals surface area contributed by atoms with E-state index in [0.717, 1.165) is 35.2 Å². The van der Waals surface area contributed by atoms with E-state index in [0.29, 0.717) is 26.2 Å². The lowest BCUT2D eigenvalue weighted by molar-refractivity contribution is -0.140. The topological polar surface area (TPSA) is 42.0 Å². The summed E-state index contributed by atoms with van der Waals surface area (Å²) < 4.78 is 11.3. The van der Waals surface area contributed by atoms with Gasteiger partial charge in [0.15, 0.2) is 0 Å². The number of hydrogen-bond donors (Lipinski definition) is 0. The highest BCUT2D eigenvalue weighted by molar-refractivity contribution is 5.84. The molecule has 5 nitrogen and oxygen atoms in total. The summed E-state index contributed by atoms with van der Waals surface area (Å²) in [4.78, 5) is 16.7. The van der Waals surface area contributed by atoms with E-state index >= 15 is 0 Å². The van der Waals surface area contributed by atoms with Crippen LogP contribution in [-0.4, -0.2) is 62.1 Å². The number of carbonyl (C=O) groups excluding carboxylic acids is 1. The van der Waals surface area contributed by atoms with Gasteiger partial charge in [0.1, 0.15) is 11.9 Å². The van der Waals surface area contributed by atoms with Crippen LogP contribution in [0.3, 0.4) is 0 Å². The van der Waals surface area contributed by atoms with Gasteiger partial charge in [-0.3, -0.25) is 9.69 Å². The van der Waals surface area contributed by atoms with Crippen molar-refractivity contribution in [1.82, 2.24) is 9.80 Å². The molecule has 3 rings (SSSR count). The van der Waals surface area contributed by atoms with Crippen LogP contribution >= 0.6 is 0 Å². The minimum absolute atomic E-state index is 0.0732. The van der Waals surface area contributed by atoms with Gasteiger partial charge in [-0.15, -0.1) is 0 Å². The summed E-state index contributed by atoms with van der Waals surface area (Å²) in [6, 6.07) is 12.4. The molecular formula is C21H28N2O3. The Morgan fingerprint density at radius 2 is 1.92 bits per heavy atom. The molecule has 0 spiro atoms. The van der Waals surface area contributed by atoms with Gasteiger partial charge in [0.2, 0.25) is 5.91 Å². The number of morpholine rings is 1. The van der Waals surface area contributed by atoms with Crippen LogP contribution in [-0.2, 0) is 9.53 Å². The molecule has 5 heteroatoms. The maximum atomic E-state index is 12.6. The molecule has 0 unspecified atom stereocenters. The van der Waals surface area contributed by atoms with Gasteiger partial charge in [-0.1, -0.05) is 32.0 Å². The van der Waals surface area contributed by atoms with E-state index in [9.17, 15) is 4.79 Å². The molecule has 1 aliphatic rings. The first-order valence-electron chi connectivity index (χ1n) is 9.34. The van der Waals surface area contributed by atoms with Gasteiger partial charge >= 0.3 is 0 Å². The fraction of sp³-hybridized carbons (Fsp3) is 0.476. The smallest absolute Gasteiger partial charge is 0.236 e. The van der Waals surface area contributed by atoms with E-state index in [1.807, 2.05) is 17.0 Å². The first-order chi connectivity index (χ1) is 12.6. The highest BCUT2D eigenvalue weighted by atomic mass is 16.5. The summed E-state index contributed by atoms with van der Waals surface area (Å²) >= 11 is 0. The van der Waals surface area contributed by atoms with Crippen molar-refractivity contribution in [3.05, 3.63) is 42.0 Å². The lowest BCUT2D eigenvalue weighted by Crippen LogP contribution is -2.46. The monoisotopic (exact) mass is 356 g/mol. The van der Waals surface area contributed by atoms with Gasteiger partial charge in [0.05, 0.1) is 26.8 Å². The average molecular weight is 356 g/mol. The van der Waals surface area contributed by atoms with Crippen LogP contribution in [0.4, 0.5) is 0 Å². The highest BCUT2D eigenvalue weighted by Crippen LogP contribution is 2.28. The summed E-state index contributed by atoms with van der Waals surface area (Å²) in [6.07, 6.45) is -0.0732. The van der Waals surface area contributed by atoms with Crippen molar-refractivity contribution in [1.29, 1.82) is 0 Å². The van der Waals surface area contributed by atoms with E-state index in [4.69, 9.17) is 9.47 Å². The third-order valence-electron chi connectivity index (χ3n) is 5.12. The zero-order chi connectivity index (χ0) is 18.5. The van der Waals surface area contributed by atoms with Crippen molar-refractivity contribution in [2.24, 2.45) is 0 Å². The van der Waals surface area contributed by atoms with Crippen LogP contribution in [0.1, 0.15) is 25.5 Å². The predicted molar refractivity (Wildman–Crippen MR) is 104 cm³/mol. The Kier molecular flexibility index (Phi) is 6.12. The van der Waals surface area contributed by atoms with Crippen LogP contribution < -0.4 is 4.74 Å². The van der Waals surface area contributed by atoms with Gasteiger partial charge in [-0.25, -0.2) is 0 Å². The van der Waals surface area contributed by atoms with E-state index in [1.54, 1.807) is 7.11 Å². The zero-order valence-electron chi connectivity index (χ0n) is 15.9. The van der Waals surface area contributed by atoms with Crippen molar-refractivity contribution < 1.29 is 14.3 Å². The standard InChI is InChI=1S/C21H28N2O3/c1-4-22(5-2)15-21(24)23-10-11-26-20(14-23)18-7-6-17-13-19(25-3)9-8-16(17)12-18/h6-9,12-13,20H,4-5,10-11,14-15H2,1-3H3/t20-/m0/s1. The first-order valence-corrected chi connectivity index (χ1v) is 9.34.